The lowest BCUT2D eigenvalue weighted by molar-refractivity contribution is 0.320. The summed E-state index contributed by atoms with van der Waals surface area (Å²) in [4.78, 5) is -0.107. The number of nitrogens with zero attached hydrogens (tertiary/aromatic N) is 2. The third-order valence-corrected chi connectivity index (χ3v) is 7.95. The van der Waals surface area contributed by atoms with Gasteiger partial charge in [0.15, 0.2) is 0 Å². The first-order chi connectivity index (χ1) is 15.2. The number of hydrogen-bond donors (Lipinski definition) is 1. The summed E-state index contributed by atoms with van der Waals surface area (Å²) in [7, 11) is -7.58. The molecule has 4 rings (SSSR count). The Morgan fingerprint density at radius 1 is 1.09 bits per heavy atom. The Kier molecular flexibility index (Phi) is 5.78. The first kappa shape index (κ1) is 22.0. The number of rotatable bonds is 7. The molecule has 8 nitrogen and oxygen atoms in total. The fourth-order valence-electron chi connectivity index (χ4n) is 3.31. The van der Waals surface area contributed by atoms with Crippen LogP contribution in [0.15, 0.2) is 81.3 Å². The minimum absolute atomic E-state index is 0.0809. The smallest absolute Gasteiger partial charge is 0.279 e. The van der Waals surface area contributed by atoms with Crippen molar-refractivity contribution in [2.75, 3.05) is 10.5 Å². The molecule has 1 aliphatic heterocycles. The van der Waals surface area contributed by atoms with Gasteiger partial charge in [0.25, 0.3) is 10.0 Å². The molecule has 1 N–H and O–H groups in total. The van der Waals surface area contributed by atoms with Crippen LogP contribution in [0.3, 0.4) is 0 Å². The zero-order valence-corrected chi connectivity index (χ0v) is 18.6. The molecule has 0 fully saturated rings. The van der Waals surface area contributed by atoms with Gasteiger partial charge in [0, 0.05) is 12.1 Å². The Bertz CT molecular complexity index is 1350. The highest BCUT2D eigenvalue weighted by Crippen LogP contribution is 2.37. The Morgan fingerprint density at radius 3 is 2.50 bits per heavy atom. The molecule has 0 bridgehead atoms. The van der Waals surface area contributed by atoms with E-state index in [1.165, 1.54) is 25.3 Å². The molecule has 168 valence electrons. The summed E-state index contributed by atoms with van der Waals surface area (Å²) >= 11 is 0. The summed E-state index contributed by atoms with van der Waals surface area (Å²) < 4.78 is 72.6. The quantitative estimate of drug-likeness (QED) is 0.558. The van der Waals surface area contributed by atoms with Crippen molar-refractivity contribution < 1.29 is 25.6 Å². The van der Waals surface area contributed by atoms with Crippen LogP contribution in [0.25, 0.3) is 0 Å². The predicted octanol–water partition coefficient (Wildman–Crippen LogP) is 3.72. The summed E-state index contributed by atoms with van der Waals surface area (Å²) in [6.45, 7) is 1.53. The van der Waals surface area contributed by atoms with Crippen molar-refractivity contribution in [2.45, 2.75) is 24.3 Å². The van der Waals surface area contributed by atoms with E-state index >= 15 is 0 Å². The van der Waals surface area contributed by atoms with E-state index in [9.17, 15) is 21.2 Å². The molecule has 1 aromatic heterocycles. The van der Waals surface area contributed by atoms with Crippen LogP contribution in [-0.4, -0.2) is 32.7 Å². The van der Waals surface area contributed by atoms with Crippen molar-refractivity contribution in [2.24, 2.45) is 5.10 Å². The molecule has 0 radical (unpaired) electrons. The molecule has 0 saturated heterocycles. The summed E-state index contributed by atoms with van der Waals surface area (Å²) in [5, 5.41) is 4.35. The van der Waals surface area contributed by atoms with Crippen molar-refractivity contribution in [1.29, 1.82) is 0 Å². The molecule has 2 aromatic carbocycles. The maximum Gasteiger partial charge on any atom is 0.279 e. The summed E-state index contributed by atoms with van der Waals surface area (Å²) in [5.74, 6) is -0.233. The second kappa shape index (κ2) is 8.40. The third-order valence-electron chi connectivity index (χ3n) is 4.95. The number of benzene rings is 2. The number of nitrogens with one attached hydrogen (secondary N) is 1. The average molecular weight is 478 g/mol. The van der Waals surface area contributed by atoms with E-state index in [0.717, 1.165) is 16.5 Å². The van der Waals surface area contributed by atoms with Crippen LogP contribution in [0.4, 0.5) is 10.1 Å². The molecule has 0 aliphatic carbocycles. The monoisotopic (exact) mass is 477 g/mol. The van der Waals surface area contributed by atoms with Gasteiger partial charge in [0.1, 0.15) is 17.6 Å². The van der Waals surface area contributed by atoms with E-state index < -0.39 is 31.9 Å². The third kappa shape index (κ3) is 4.39. The fourth-order valence-corrected chi connectivity index (χ4v) is 5.35. The number of hydrazone groups is 1. The first-order valence-electron chi connectivity index (χ1n) is 9.71. The predicted molar refractivity (Wildman–Crippen MR) is 118 cm³/mol. The van der Waals surface area contributed by atoms with Gasteiger partial charge in [-0.05, 0) is 61.0 Å². The lowest BCUT2D eigenvalue weighted by Crippen LogP contribution is -2.27. The Hall–Kier alpha value is -3.18. The summed E-state index contributed by atoms with van der Waals surface area (Å²) in [6.07, 6.45) is 1.65. The van der Waals surface area contributed by atoms with Crippen LogP contribution in [0.1, 0.15) is 30.7 Å². The minimum atomic E-state index is -4.11. The lowest BCUT2D eigenvalue weighted by atomic mass is 10.0. The van der Waals surface area contributed by atoms with Crippen molar-refractivity contribution in [3.63, 3.8) is 0 Å². The van der Waals surface area contributed by atoms with Gasteiger partial charge in [0.05, 0.1) is 22.6 Å². The Labute approximate surface area is 185 Å². The van der Waals surface area contributed by atoms with Crippen LogP contribution in [0.2, 0.25) is 0 Å². The minimum Gasteiger partial charge on any atom is -0.467 e. The van der Waals surface area contributed by atoms with Crippen molar-refractivity contribution in [1.82, 2.24) is 4.41 Å². The van der Waals surface area contributed by atoms with E-state index in [4.69, 9.17) is 4.42 Å². The van der Waals surface area contributed by atoms with Crippen molar-refractivity contribution in [3.05, 3.63) is 84.1 Å². The highest BCUT2D eigenvalue weighted by Gasteiger charge is 2.39. The summed E-state index contributed by atoms with van der Waals surface area (Å²) in [5.41, 5.74) is 1.35. The highest BCUT2D eigenvalue weighted by molar-refractivity contribution is 7.92. The largest absolute Gasteiger partial charge is 0.467 e. The van der Waals surface area contributed by atoms with Crippen LogP contribution in [0.5, 0.6) is 0 Å². The number of furan rings is 1. The van der Waals surface area contributed by atoms with Crippen LogP contribution >= 0.6 is 0 Å². The van der Waals surface area contributed by atoms with Gasteiger partial charge in [-0.15, -0.1) is 0 Å². The van der Waals surface area contributed by atoms with E-state index in [-0.39, 0.29) is 17.1 Å². The highest BCUT2D eigenvalue weighted by atomic mass is 32.2. The molecule has 2 heterocycles. The Balaban J connectivity index is 1.74. The zero-order valence-electron chi connectivity index (χ0n) is 17.0. The first-order valence-corrected chi connectivity index (χ1v) is 12.8. The number of hydrogen-bond acceptors (Lipinski definition) is 6. The van der Waals surface area contributed by atoms with Gasteiger partial charge in [-0.3, -0.25) is 4.72 Å². The molecule has 1 atom stereocenters. The van der Waals surface area contributed by atoms with Crippen molar-refractivity contribution >= 4 is 31.4 Å². The summed E-state index contributed by atoms with van der Waals surface area (Å²) in [6, 6.07) is 13.6. The van der Waals surface area contributed by atoms with Crippen molar-refractivity contribution in [3.8, 4) is 0 Å². The second-order valence-electron chi connectivity index (χ2n) is 7.10. The zero-order chi connectivity index (χ0) is 22.9. The lowest BCUT2D eigenvalue weighted by Gasteiger charge is -2.21. The van der Waals surface area contributed by atoms with Gasteiger partial charge in [-0.25, -0.2) is 12.8 Å². The van der Waals surface area contributed by atoms with E-state index in [1.54, 1.807) is 36.4 Å². The molecule has 0 unspecified atom stereocenters. The SMILES string of the molecule is CCS(=O)(=O)Nc1cccc(C2=NN(S(=O)(=O)c3ccc(F)cc3)[C@@H](c3ccco3)C2)c1. The van der Waals surface area contributed by atoms with Gasteiger partial charge in [-0.2, -0.15) is 17.9 Å². The molecule has 3 aromatic rings. The molecule has 0 amide bonds. The topological polar surface area (TPSA) is 109 Å². The van der Waals surface area contributed by atoms with E-state index in [1.807, 2.05) is 0 Å². The molecule has 0 spiro atoms. The molecule has 11 heteroatoms. The Morgan fingerprint density at radius 2 is 1.84 bits per heavy atom. The normalized spacial score (nSPS) is 16.8. The fraction of sp³-hybridized carbons (Fsp3) is 0.190. The van der Waals surface area contributed by atoms with Crippen LogP contribution in [-0.2, 0) is 20.0 Å². The van der Waals surface area contributed by atoms with Gasteiger partial charge < -0.3 is 4.42 Å². The van der Waals surface area contributed by atoms with Gasteiger partial charge in [-0.1, -0.05) is 12.1 Å². The maximum atomic E-state index is 13.3. The average Bonchev–Trinajstić information content (AvgIpc) is 3.44. The number of sulfonamides is 2. The van der Waals surface area contributed by atoms with E-state index in [0.29, 0.717) is 22.7 Å². The number of anilines is 1. The molecule has 0 saturated carbocycles. The standard InChI is InChI=1S/C21H20FN3O5S2/c1-2-31(26,27)24-17-6-3-5-15(13-17)19-14-20(21-7-4-12-30-21)25(23-19)32(28,29)18-10-8-16(22)9-11-18/h3-13,20,24H,2,14H2,1H3/t20-/m1/s1. The van der Waals surface area contributed by atoms with Gasteiger partial charge in [0.2, 0.25) is 10.0 Å². The second-order valence-corrected chi connectivity index (χ2v) is 10.9. The van der Waals surface area contributed by atoms with Crippen LogP contribution < -0.4 is 4.72 Å². The van der Waals surface area contributed by atoms with E-state index in [2.05, 4.69) is 9.82 Å². The molecular formula is C21H20FN3O5S2. The maximum absolute atomic E-state index is 13.3. The van der Waals surface area contributed by atoms with Crippen LogP contribution in [0, 0.1) is 5.82 Å². The molecular weight excluding hydrogens is 457 g/mol. The number of halogens is 1. The molecule has 1 aliphatic rings. The molecule has 32 heavy (non-hydrogen) atoms. The van der Waals surface area contributed by atoms with Gasteiger partial charge >= 0.3 is 0 Å².